The van der Waals surface area contributed by atoms with Crippen LogP contribution in [0.2, 0.25) is 10.0 Å². The van der Waals surface area contributed by atoms with Crippen LogP contribution in [0.15, 0.2) is 42.5 Å². The summed E-state index contributed by atoms with van der Waals surface area (Å²) in [6.45, 7) is 1.43. The van der Waals surface area contributed by atoms with E-state index in [1.54, 1.807) is 12.1 Å². The number of amides is 3. The summed E-state index contributed by atoms with van der Waals surface area (Å²) in [5, 5.41) is 5.62. The Balaban J connectivity index is 1.97. The number of nitrogens with one attached hydrogen (secondary N) is 2. The maximum Gasteiger partial charge on any atom is 0.338 e. The number of hydrogen-bond donors (Lipinski definition) is 3. The predicted octanol–water partition coefficient (Wildman–Crippen LogP) is 3.67. The average Bonchev–Trinajstić information content (AvgIpc) is 2.57. The molecule has 0 aliphatic heterocycles. The smallest absolute Gasteiger partial charge is 0.338 e. The fourth-order valence-corrected chi connectivity index (χ4v) is 2.39. The number of halogens is 2. The van der Waals surface area contributed by atoms with E-state index in [1.807, 2.05) is 0 Å². The van der Waals surface area contributed by atoms with Crippen molar-refractivity contribution in [1.82, 2.24) is 0 Å². The molecule has 1 atom stereocenters. The normalized spacial score (nSPS) is 11.3. The van der Waals surface area contributed by atoms with Gasteiger partial charge in [0, 0.05) is 10.7 Å². The van der Waals surface area contributed by atoms with E-state index in [0.29, 0.717) is 16.4 Å². The number of benzene rings is 2. The predicted molar refractivity (Wildman–Crippen MR) is 99.6 cm³/mol. The van der Waals surface area contributed by atoms with Crippen molar-refractivity contribution in [3.63, 3.8) is 0 Å². The number of anilines is 2. The number of ether oxygens (including phenoxy) is 1. The van der Waals surface area contributed by atoms with E-state index in [2.05, 4.69) is 10.6 Å². The number of nitrogens with two attached hydrogens (primary N) is 1. The maximum absolute atomic E-state index is 12.2. The fourth-order valence-electron chi connectivity index (χ4n) is 1.94. The van der Waals surface area contributed by atoms with Gasteiger partial charge in [0.25, 0.3) is 5.91 Å². The van der Waals surface area contributed by atoms with E-state index in [4.69, 9.17) is 33.7 Å². The van der Waals surface area contributed by atoms with Crippen LogP contribution in [-0.4, -0.2) is 24.0 Å². The van der Waals surface area contributed by atoms with E-state index >= 15 is 0 Å². The molecule has 7 nitrogen and oxygen atoms in total. The summed E-state index contributed by atoms with van der Waals surface area (Å²) in [5.74, 6) is -1.24. The van der Waals surface area contributed by atoms with Crippen molar-refractivity contribution < 1.29 is 19.1 Å². The number of carbonyl (C=O) groups is 3. The van der Waals surface area contributed by atoms with Gasteiger partial charge in [-0.2, -0.15) is 0 Å². The third-order valence-electron chi connectivity index (χ3n) is 3.23. The monoisotopic (exact) mass is 395 g/mol. The molecule has 0 bridgehead atoms. The summed E-state index contributed by atoms with van der Waals surface area (Å²) in [7, 11) is 0. The second-order valence-electron chi connectivity index (χ2n) is 5.23. The van der Waals surface area contributed by atoms with E-state index in [0.717, 1.165) is 0 Å². The molecule has 3 amide bonds. The zero-order valence-electron chi connectivity index (χ0n) is 13.6. The minimum atomic E-state index is -1.06. The van der Waals surface area contributed by atoms with Crippen LogP contribution in [-0.2, 0) is 9.53 Å². The maximum atomic E-state index is 12.2. The molecule has 0 heterocycles. The lowest BCUT2D eigenvalue weighted by Gasteiger charge is -2.14. The minimum Gasteiger partial charge on any atom is -0.449 e. The molecule has 0 saturated heterocycles. The van der Waals surface area contributed by atoms with Crippen molar-refractivity contribution in [3.05, 3.63) is 58.1 Å². The Morgan fingerprint density at radius 2 is 1.69 bits per heavy atom. The van der Waals surface area contributed by atoms with Gasteiger partial charge in [0.2, 0.25) is 0 Å². The third-order valence-corrected chi connectivity index (χ3v) is 3.78. The highest BCUT2D eigenvalue weighted by Crippen LogP contribution is 2.25. The molecule has 0 unspecified atom stereocenters. The Kier molecular flexibility index (Phi) is 6.43. The Morgan fingerprint density at radius 1 is 1.04 bits per heavy atom. The second kappa shape index (κ2) is 8.55. The van der Waals surface area contributed by atoms with E-state index in [-0.39, 0.29) is 10.6 Å². The zero-order chi connectivity index (χ0) is 19.3. The van der Waals surface area contributed by atoms with Crippen LogP contribution in [0.4, 0.5) is 16.2 Å². The highest BCUT2D eigenvalue weighted by Gasteiger charge is 2.20. The number of urea groups is 1. The molecule has 0 fully saturated rings. The standard InChI is InChI=1S/C17H15Cl2N3O4/c1-9(15(23)22-14-7-4-11(18)8-13(14)19)26-16(24)10-2-5-12(6-3-10)21-17(20)25/h2-9H,1H3,(H,22,23)(H3,20,21,25)/t9-/m0/s1. The second-order valence-corrected chi connectivity index (χ2v) is 6.07. The number of esters is 1. The van der Waals surface area contributed by atoms with Crippen molar-refractivity contribution >= 4 is 52.5 Å². The van der Waals surface area contributed by atoms with Gasteiger partial charge in [0.05, 0.1) is 16.3 Å². The molecule has 9 heteroatoms. The lowest BCUT2D eigenvalue weighted by atomic mass is 10.2. The van der Waals surface area contributed by atoms with Crippen LogP contribution in [0.3, 0.4) is 0 Å². The summed E-state index contributed by atoms with van der Waals surface area (Å²) in [5.41, 5.74) is 5.99. The number of rotatable bonds is 5. The Labute approximate surface area is 159 Å². The summed E-state index contributed by atoms with van der Waals surface area (Å²) < 4.78 is 5.12. The molecule has 26 heavy (non-hydrogen) atoms. The number of hydrogen-bond acceptors (Lipinski definition) is 4. The van der Waals surface area contributed by atoms with Crippen LogP contribution in [0, 0.1) is 0 Å². The first-order valence-electron chi connectivity index (χ1n) is 7.39. The Bertz CT molecular complexity index is 840. The molecule has 2 aromatic carbocycles. The quantitative estimate of drug-likeness (QED) is 0.670. The topological polar surface area (TPSA) is 111 Å². The molecule has 0 aliphatic carbocycles. The largest absolute Gasteiger partial charge is 0.449 e. The summed E-state index contributed by atoms with van der Waals surface area (Å²) >= 11 is 11.8. The van der Waals surface area contributed by atoms with Gasteiger partial charge in [-0.1, -0.05) is 23.2 Å². The Hall–Kier alpha value is -2.77. The molecule has 0 aromatic heterocycles. The lowest BCUT2D eigenvalue weighted by Crippen LogP contribution is -2.30. The summed E-state index contributed by atoms with van der Waals surface area (Å²) in [6.07, 6.45) is -1.06. The van der Waals surface area contributed by atoms with Crippen LogP contribution in [0.5, 0.6) is 0 Å². The molecule has 0 spiro atoms. The van der Waals surface area contributed by atoms with E-state index in [1.165, 1.54) is 37.3 Å². The number of primary amides is 1. The van der Waals surface area contributed by atoms with Crippen molar-refractivity contribution in [2.45, 2.75) is 13.0 Å². The molecular formula is C17H15Cl2N3O4. The highest BCUT2D eigenvalue weighted by molar-refractivity contribution is 6.36. The van der Waals surface area contributed by atoms with Gasteiger partial charge in [0.15, 0.2) is 6.10 Å². The molecule has 0 aliphatic rings. The molecule has 2 rings (SSSR count). The van der Waals surface area contributed by atoms with Crippen molar-refractivity contribution in [3.8, 4) is 0 Å². The first kappa shape index (κ1) is 19.6. The van der Waals surface area contributed by atoms with Crippen LogP contribution in [0.25, 0.3) is 0 Å². The van der Waals surface area contributed by atoms with Gasteiger partial charge in [-0.05, 0) is 49.4 Å². The lowest BCUT2D eigenvalue weighted by molar-refractivity contribution is -0.123. The first-order chi connectivity index (χ1) is 12.3. The van der Waals surface area contributed by atoms with Gasteiger partial charge in [-0.3, -0.25) is 4.79 Å². The van der Waals surface area contributed by atoms with Crippen LogP contribution in [0.1, 0.15) is 17.3 Å². The first-order valence-corrected chi connectivity index (χ1v) is 8.15. The number of carbonyl (C=O) groups excluding carboxylic acids is 3. The Morgan fingerprint density at radius 3 is 2.27 bits per heavy atom. The van der Waals surface area contributed by atoms with Gasteiger partial charge in [-0.15, -0.1) is 0 Å². The van der Waals surface area contributed by atoms with Gasteiger partial charge in [0.1, 0.15) is 0 Å². The highest BCUT2D eigenvalue weighted by atomic mass is 35.5. The SMILES string of the molecule is C[C@H](OC(=O)c1ccc(NC(N)=O)cc1)C(=O)Nc1ccc(Cl)cc1Cl. The van der Waals surface area contributed by atoms with Crippen LogP contribution < -0.4 is 16.4 Å². The van der Waals surface area contributed by atoms with Crippen molar-refractivity contribution in [2.24, 2.45) is 5.73 Å². The third kappa shape index (κ3) is 5.37. The van der Waals surface area contributed by atoms with Crippen LogP contribution >= 0.6 is 23.2 Å². The van der Waals surface area contributed by atoms with E-state index in [9.17, 15) is 14.4 Å². The molecular weight excluding hydrogens is 381 g/mol. The summed E-state index contributed by atoms with van der Waals surface area (Å²) in [4.78, 5) is 35.0. The zero-order valence-corrected chi connectivity index (χ0v) is 15.1. The molecule has 0 saturated carbocycles. The molecule has 136 valence electrons. The molecule has 2 aromatic rings. The average molecular weight is 396 g/mol. The minimum absolute atomic E-state index is 0.212. The van der Waals surface area contributed by atoms with Crippen molar-refractivity contribution in [1.29, 1.82) is 0 Å². The van der Waals surface area contributed by atoms with Gasteiger partial charge in [-0.25, -0.2) is 9.59 Å². The van der Waals surface area contributed by atoms with Crippen molar-refractivity contribution in [2.75, 3.05) is 10.6 Å². The fraction of sp³-hybridized carbons (Fsp3) is 0.118. The summed E-state index contributed by atoms with van der Waals surface area (Å²) in [6, 6.07) is 9.73. The molecule has 4 N–H and O–H groups in total. The van der Waals surface area contributed by atoms with Gasteiger partial charge >= 0.3 is 12.0 Å². The van der Waals surface area contributed by atoms with Gasteiger partial charge < -0.3 is 21.1 Å². The molecule has 0 radical (unpaired) electrons. The van der Waals surface area contributed by atoms with E-state index < -0.39 is 24.0 Å².